The van der Waals surface area contributed by atoms with E-state index in [1.54, 1.807) is 12.4 Å². The molecular formula is C12H18N4O. The average Bonchev–Trinajstić information content (AvgIpc) is 2.85. The summed E-state index contributed by atoms with van der Waals surface area (Å²) in [5.74, 6) is 1.31. The van der Waals surface area contributed by atoms with Crippen LogP contribution in [-0.2, 0) is 11.8 Å². The summed E-state index contributed by atoms with van der Waals surface area (Å²) in [5, 5.41) is 14.6. The fourth-order valence-corrected chi connectivity index (χ4v) is 1.97. The number of nitrogens with zero attached hydrogens (tertiary/aromatic N) is 3. The highest BCUT2D eigenvalue weighted by atomic mass is 16.5. The van der Waals surface area contributed by atoms with Crippen molar-refractivity contribution >= 4 is 0 Å². The number of hydrogen-bond acceptors (Lipinski definition) is 4. The highest BCUT2D eigenvalue weighted by Crippen LogP contribution is 2.29. The van der Waals surface area contributed by atoms with Crippen LogP contribution in [0.15, 0.2) is 16.9 Å². The van der Waals surface area contributed by atoms with Crippen LogP contribution in [0.3, 0.4) is 0 Å². The van der Waals surface area contributed by atoms with E-state index in [-0.39, 0.29) is 5.41 Å². The second-order valence-electron chi connectivity index (χ2n) is 5.29. The van der Waals surface area contributed by atoms with E-state index in [9.17, 15) is 0 Å². The summed E-state index contributed by atoms with van der Waals surface area (Å²) in [4.78, 5) is 0. The van der Waals surface area contributed by atoms with E-state index in [0.29, 0.717) is 5.92 Å². The lowest BCUT2D eigenvalue weighted by atomic mass is 9.82. The van der Waals surface area contributed by atoms with E-state index in [2.05, 4.69) is 48.3 Å². The van der Waals surface area contributed by atoms with Crippen molar-refractivity contribution in [2.75, 3.05) is 0 Å². The second-order valence-corrected chi connectivity index (χ2v) is 5.29. The van der Waals surface area contributed by atoms with Crippen molar-refractivity contribution in [1.82, 2.24) is 20.6 Å². The standard InChI is InChI=1S/C12H18N4O/c1-8(2)11-9(6-14-17-11)5-12(3,4)10-7-13-16-15-10/h6-8H,5H2,1-4H3,(H,13,15,16). The predicted octanol–water partition coefficient (Wildman–Crippen LogP) is 2.44. The molecule has 0 spiro atoms. The molecular weight excluding hydrogens is 216 g/mol. The molecule has 2 aromatic rings. The van der Waals surface area contributed by atoms with Crippen molar-refractivity contribution in [3.05, 3.63) is 29.4 Å². The van der Waals surface area contributed by atoms with E-state index in [0.717, 1.165) is 23.4 Å². The van der Waals surface area contributed by atoms with Crippen LogP contribution in [0.1, 0.15) is 50.6 Å². The third kappa shape index (κ3) is 2.38. The van der Waals surface area contributed by atoms with Crippen LogP contribution in [0.2, 0.25) is 0 Å². The Hall–Kier alpha value is -1.65. The Morgan fingerprint density at radius 2 is 2.12 bits per heavy atom. The topological polar surface area (TPSA) is 67.6 Å². The highest BCUT2D eigenvalue weighted by Gasteiger charge is 2.27. The minimum atomic E-state index is -0.0812. The molecule has 5 heteroatoms. The summed E-state index contributed by atoms with van der Waals surface area (Å²) in [7, 11) is 0. The zero-order valence-corrected chi connectivity index (χ0v) is 10.7. The Labute approximate surface area is 101 Å². The monoisotopic (exact) mass is 234 g/mol. The van der Waals surface area contributed by atoms with Crippen LogP contribution in [0.4, 0.5) is 0 Å². The van der Waals surface area contributed by atoms with Crippen molar-refractivity contribution in [2.24, 2.45) is 0 Å². The molecule has 0 bridgehead atoms. The molecule has 0 atom stereocenters. The quantitative estimate of drug-likeness (QED) is 0.882. The van der Waals surface area contributed by atoms with Crippen molar-refractivity contribution in [3.63, 3.8) is 0 Å². The van der Waals surface area contributed by atoms with Crippen LogP contribution < -0.4 is 0 Å². The molecule has 0 saturated carbocycles. The highest BCUT2D eigenvalue weighted by molar-refractivity contribution is 5.22. The summed E-state index contributed by atoms with van der Waals surface area (Å²) in [6.07, 6.45) is 4.41. The predicted molar refractivity (Wildman–Crippen MR) is 63.7 cm³/mol. The van der Waals surface area contributed by atoms with Crippen molar-refractivity contribution < 1.29 is 4.52 Å². The van der Waals surface area contributed by atoms with Crippen molar-refractivity contribution in [3.8, 4) is 0 Å². The summed E-state index contributed by atoms with van der Waals surface area (Å²) < 4.78 is 5.30. The van der Waals surface area contributed by atoms with E-state index >= 15 is 0 Å². The minimum Gasteiger partial charge on any atom is -0.361 e. The molecule has 92 valence electrons. The van der Waals surface area contributed by atoms with Gasteiger partial charge in [-0.3, -0.25) is 0 Å². The molecule has 2 aromatic heterocycles. The number of aromatic nitrogens is 4. The second kappa shape index (κ2) is 4.31. The molecule has 0 aliphatic heterocycles. The van der Waals surface area contributed by atoms with Gasteiger partial charge in [-0.05, 0) is 6.42 Å². The van der Waals surface area contributed by atoms with Gasteiger partial charge in [0.25, 0.3) is 0 Å². The van der Waals surface area contributed by atoms with Gasteiger partial charge >= 0.3 is 0 Å². The van der Waals surface area contributed by atoms with Crippen LogP contribution in [0.25, 0.3) is 0 Å². The Balaban J connectivity index is 2.23. The zero-order chi connectivity index (χ0) is 12.5. The number of H-pyrrole nitrogens is 1. The van der Waals surface area contributed by atoms with Crippen LogP contribution in [0, 0.1) is 0 Å². The molecule has 0 aliphatic rings. The SMILES string of the molecule is CC(C)c1oncc1CC(C)(C)c1cn[nH]n1. The molecule has 0 saturated heterocycles. The van der Waals surface area contributed by atoms with Gasteiger partial charge in [-0.15, -0.1) is 0 Å². The Kier molecular flexibility index (Phi) is 3.00. The number of nitrogens with one attached hydrogen (secondary N) is 1. The van der Waals surface area contributed by atoms with Gasteiger partial charge in [0.05, 0.1) is 18.1 Å². The van der Waals surface area contributed by atoms with Gasteiger partial charge in [0.15, 0.2) is 0 Å². The van der Waals surface area contributed by atoms with Gasteiger partial charge in [0.2, 0.25) is 0 Å². The largest absolute Gasteiger partial charge is 0.361 e. The maximum atomic E-state index is 5.30. The van der Waals surface area contributed by atoms with E-state index in [1.807, 2.05) is 0 Å². The lowest BCUT2D eigenvalue weighted by molar-refractivity contribution is 0.367. The Morgan fingerprint density at radius 3 is 2.71 bits per heavy atom. The van der Waals surface area contributed by atoms with Gasteiger partial charge in [-0.25, -0.2) is 0 Å². The fourth-order valence-electron chi connectivity index (χ4n) is 1.97. The van der Waals surface area contributed by atoms with Gasteiger partial charge in [0, 0.05) is 16.9 Å². The Morgan fingerprint density at radius 1 is 1.35 bits per heavy atom. The molecule has 0 amide bonds. The van der Waals surface area contributed by atoms with Crippen LogP contribution >= 0.6 is 0 Å². The summed E-state index contributed by atoms with van der Waals surface area (Å²) in [5.41, 5.74) is 2.02. The molecule has 2 heterocycles. The van der Waals surface area contributed by atoms with E-state index < -0.39 is 0 Å². The van der Waals surface area contributed by atoms with Gasteiger partial charge in [-0.2, -0.15) is 15.4 Å². The van der Waals surface area contributed by atoms with E-state index in [1.165, 1.54) is 0 Å². The van der Waals surface area contributed by atoms with Crippen LogP contribution in [0.5, 0.6) is 0 Å². The first kappa shape index (κ1) is 11.8. The molecule has 17 heavy (non-hydrogen) atoms. The molecule has 0 aromatic carbocycles. The zero-order valence-electron chi connectivity index (χ0n) is 10.7. The third-order valence-corrected chi connectivity index (χ3v) is 2.94. The molecule has 0 fully saturated rings. The maximum absolute atomic E-state index is 5.30. The lowest BCUT2D eigenvalue weighted by Gasteiger charge is -2.21. The smallest absolute Gasteiger partial charge is 0.142 e. The first-order valence-corrected chi connectivity index (χ1v) is 5.80. The molecule has 2 rings (SSSR count). The van der Waals surface area contributed by atoms with Gasteiger partial charge < -0.3 is 4.52 Å². The summed E-state index contributed by atoms with van der Waals surface area (Å²) in [6.45, 7) is 8.49. The molecule has 5 nitrogen and oxygen atoms in total. The molecule has 0 unspecified atom stereocenters. The van der Waals surface area contributed by atoms with Gasteiger partial charge in [0.1, 0.15) is 5.76 Å². The van der Waals surface area contributed by atoms with E-state index in [4.69, 9.17) is 4.52 Å². The van der Waals surface area contributed by atoms with Crippen LogP contribution in [-0.4, -0.2) is 20.6 Å². The minimum absolute atomic E-state index is 0.0812. The maximum Gasteiger partial charge on any atom is 0.142 e. The molecule has 0 aliphatic carbocycles. The summed E-state index contributed by atoms with van der Waals surface area (Å²) >= 11 is 0. The summed E-state index contributed by atoms with van der Waals surface area (Å²) in [6, 6.07) is 0. The average molecular weight is 234 g/mol. The first-order valence-electron chi connectivity index (χ1n) is 5.80. The third-order valence-electron chi connectivity index (χ3n) is 2.94. The lowest BCUT2D eigenvalue weighted by Crippen LogP contribution is -2.21. The number of aromatic amines is 1. The number of rotatable bonds is 4. The molecule has 0 radical (unpaired) electrons. The Bertz CT molecular complexity index is 470. The van der Waals surface area contributed by atoms with Gasteiger partial charge in [-0.1, -0.05) is 32.9 Å². The fraction of sp³-hybridized carbons (Fsp3) is 0.583. The van der Waals surface area contributed by atoms with Crippen molar-refractivity contribution in [2.45, 2.75) is 45.4 Å². The van der Waals surface area contributed by atoms with Crippen molar-refractivity contribution in [1.29, 1.82) is 0 Å². The normalized spacial score (nSPS) is 12.3. The molecule has 1 N–H and O–H groups in total. The number of hydrogen-bond donors (Lipinski definition) is 1. The first-order chi connectivity index (χ1) is 8.00.